The largest absolute Gasteiger partial charge is 0.344 e. The first-order valence-electron chi connectivity index (χ1n) is 3.44. The highest BCUT2D eigenvalue weighted by molar-refractivity contribution is 7.80. The summed E-state index contributed by atoms with van der Waals surface area (Å²) in [6, 6.07) is 0. The van der Waals surface area contributed by atoms with Gasteiger partial charge in [0.2, 0.25) is 0 Å². The molecule has 0 aliphatic carbocycles. The van der Waals surface area contributed by atoms with Gasteiger partial charge in [-0.2, -0.15) is 12.6 Å². The van der Waals surface area contributed by atoms with Gasteiger partial charge in [0.05, 0.1) is 4.92 Å². The summed E-state index contributed by atoms with van der Waals surface area (Å²) >= 11 is 4.96. The lowest BCUT2D eigenvalue weighted by Crippen LogP contribution is -1.80. The predicted octanol–water partition coefficient (Wildman–Crippen LogP) is 1.72. The molecule has 1 aromatic heterocycles. The first-order chi connectivity index (χ1) is 6.24. The van der Waals surface area contributed by atoms with Gasteiger partial charge in [-0.05, 0) is 17.3 Å². The number of nitrogens with zero attached hydrogens (tertiary/aromatic N) is 2. The first-order valence-corrected chi connectivity index (χ1v) is 4.89. The van der Waals surface area contributed by atoms with Gasteiger partial charge in [0.15, 0.2) is 5.01 Å². The van der Waals surface area contributed by atoms with Crippen molar-refractivity contribution in [2.75, 3.05) is 5.75 Å². The molecule has 4 nitrogen and oxygen atoms in total. The molecule has 0 aromatic carbocycles. The molecule has 0 aliphatic heterocycles. The quantitative estimate of drug-likeness (QED) is 0.353. The van der Waals surface area contributed by atoms with Crippen LogP contribution in [0, 0.1) is 22.0 Å². The summed E-state index contributed by atoms with van der Waals surface area (Å²) in [5.74, 6) is 6.21. The van der Waals surface area contributed by atoms with E-state index in [1.54, 1.807) is 0 Å². The Balaban J connectivity index is 2.71. The second-order valence-electron chi connectivity index (χ2n) is 2.04. The molecule has 0 bridgehead atoms. The monoisotopic (exact) mass is 214 g/mol. The normalized spacial score (nSPS) is 9.00. The average Bonchev–Trinajstić information content (AvgIpc) is 2.53. The molecule has 0 radical (unpaired) electrons. The van der Waals surface area contributed by atoms with Crippen LogP contribution in [0.4, 0.5) is 5.00 Å². The predicted molar refractivity (Wildman–Crippen MR) is 54.1 cm³/mol. The minimum absolute atomic E-state index is 0.0233. The molecule has 0 atom stereocenters. The number of hydrogen-bond donors (Lipinski definition) is 1. The molecule has 0 amide bonds. The summed E-state index contributed by atoms with van der Waals surface area (Å²) in [7, 11) is 0. The van der Waals surface area contributed by atoms with Gasteiger partial charge in [0.1, 0.15) is 6.20 Å². The molecule has 1 heterocycles. The first kappa shape index (κ1) is 10.0. The number of nitro groups is 1. The van der Waals surface area contributed by atoms with Gasteiger partial charge >= 0.3 is 5.00 Å². The molecule has 0 spiro atoms. The Morgan fingerprint density at radius 3 is 3.08 bits per heavy atom. The molecule has 1 rings (SSSR count). The second kappa shape index (κ2) is 4.84. The van der Waals surface area contributed by atoms with E-state index in [1.165, 1.54) is 6.20 Å². The maximum Gasteiger partial charge on any atom is 0.344 e. The van der Waals surface area contributed by atoms with Crippen molar-refractivity contribution in [3.8, 4) is 11.8 Å². The maximum atomic E-state index is 10.3. The standard InChI is InChI=1S/C7H6N2O2S2/c10-9(11)7-5-8-6(13-7)3-1-2-4-12/h5,12H,2,4H2. The molecule has 0 fully saturated rings. The van der Waals surface area contributed by atoms with Crippen molar-refractivity contribution in [2.24, 2.45) is 0 Å². The number of rotatable bonds is 2. The minimum Gasteiger partial charge on any atom is -0.257 e. The lowest BCUT2D eigenvalue weighted by atomic mass is 10.5. The highest BCUT2D eigenvalue weighted by atomic mass is 32.1. The third-order valence-corrected chi connectivity index (χ3v) is 2.19. The Kier molecular flexibility index (Phi) is 3.73. The fourth-order valence-corrected chi connectivity index (χ4v) is 1.32. The Hall–Kier alpha value is -1.06. The van der Waals surface area contributed by atoms with Crippen LogP contribution in [0.25, 0.3) is 0 Å². The smallest absolute Gasteiger partial charge is 0.257 e. The van der Waals surface area contributed by atoms with Crippen molar-refractivity contribution >= 4 is 29.0 Å². The molecule has 6 heteroatoms. The van der Waals surface area contributed by atoms with Crippen LogP contribution in [-0.4, -0.2) is 15.7 Å². The molecule has 0 aliphatic rings. The van der Waals surface area contributed by atoms with Crippen LogP contribution in [-0.2, 0) is 0 Å². The van der Waals surface area contributed by atoms with Crippen LogP contribution in [0.15, 0.2) is 6.20 Å². The van der Waals surface area contributed by atoms with Crippen molar-refractivity contribution < 1.29 is 4.92 Å². The van der Waals surface area contributed by atoms with E-state index < -0.39 is 4.92 Å². The minimum atomic E-state index is -0.471. The molecule has 1 aromatic rings. The molecule has 13 heavy (non-hydrogen) atoms. The summed E-state index contributed by atoms with van der Waals surface area (Å²) in [6.45, 7) is 0. The van der Waals surface area contributed by atoms with Gasteiger partial charge in [0, 0.05) is 12.2 Å². The van der Waals surface area contributed by atoms with Gasteiger partial charge in [0.25, 0.3) is 0 Å². The summed E-state index contributed by atoms with van der Waals surface area (Å²) in [5.41, 5.74) is 0. The number of thiol groups is 1. The Labute approximate surface area is 84.6 Å². The van der Waals surface area contributed by atoms with Gasteiger partial charge in [-0.3, -0.25) is 10.1 Å². The number of hydrogen-bond acceptors (Lipinski definition) is 5. The van der Waals surface area contributed by atoms with Gasteiger partial charge in [-0.25, -0.2) is 4.98 Å². The van der Waals surface area contributed by atoms with E-state index in [4.69, 9.17) is 0 Å². The molecule has 0 saturated heterocycles. The zero-order chi connectivity index (χ0) is 9.68. The Bertz CT molecular complexity index is 364. The van der Waals surface area contributed by atoms with Crippen LogP contribution < -0.4 is 0 Å². The summed E-state index contributed by atoms with van der Waals surface area (Å²) in [4.78, 5) is 13.6. The van der Waals surface area contributed by atoms with Crippen LogP contribution in [0.5, 0.6) is 0 Å². The van der Waals surface area contributed by atoms with Crippen molar-refractivity contribution in [3.63, 3.8) is 0 Å². The zero-order valence-electron chi connectivity index (χ0n) is 6.56. The van der Waals surface area contributed by atoms with Crippen LogP contribution in [0.2, 0.25) is 0 Å². The molecule has 0 N–H and O–H groups in total. The van der Waals surface area contributed by atoms with Crippen LogP contribution in [0.1, 0.15) is 11.4 Å². The van der Waals surface area contributed by atoms with E-state index in [0.29, 0.717) is 17.2 Å². The average molecular weight is 214 g/mol. The molecular weight excluding hydrogens is 208 g/mol. The lowest BCUT2D eigenvalue weighted by Gasteiger charge is -1.77. The van der Waals surface area contributed by atoms with E-state index in [2.05, 4.69) is 29.5 Å². The highest BCUT2D eigenvalue weighted by Gasteiger charge is 2.09. The number of thiazole rings is 1. The van der Waals surface area contributed by atoms with E-state index in [1.807, 2.05) is 0 Å². The van der Waals surface area contributed by atoms with Crippen molar-refractivity contribution in [2.45, 2.75) is 6.42 Å². The van der Waals surface area contributed by atoms with Crippen LogP contribution in [0.3, 0.4) is 0 Å². The van der Waals surface area contributed by atoms with Gasteiger partial charge in [-0.15, -0.1) is 0 Å². The summed E-state index contributed by atoms with van der Waals surface area (Å²) in [6.07, 6.45) is 1.88. The Morgan fingerprint density at radius 1 is 1.77 bits per heavy atom. The van der Waals surface area contributed by atoms with Crippen molar-refractivity contribution in [1.29, 1.82) is 0 Å². The molecule has 68 valence electrons. The Morgan fingerprint density at radius 2 is 2.54 bits per heavy atom. The van der Waals surface area contributed by atoms with E-state index in [9.17, 15) is 10.1 Å². The van der Waals surface area contributed by atoms with Gasteiger partial charge < -0.3 is 0 Å². The fourth-order valence-electron chi connectivity index (χ4n) is 0.602. The lowest BCUT2D eigenvalue weighted by molar-refractivity contribution is -0.380. The molecule has 0 unspecified atom stereocenters. The van der Waals surface area contributed by atoms with E-state index >= 15 is 0 Å². The molecule has 0 saturated carbocycles. The van der Waals surface area contributed by atoms with Crippen molar-refractivity contribution in [3.05, 3.63) is 21.3 Å². The van der Waals surface area contributed by atoms with Crippen molar-refractivity contribution in [1.82, 2.24) is 4.98 Å². The maximum absolute atomic E-state index is 10.3. The SMILES string of the molecule is O=[N+]([O-])c1cnc(C#CCCS)s1. The third kappa shape index (κ3) is 3.05. The zero-order valence-corrected chi connectivity index (χ0v) is 8.27. The van der Waals surface area contributed by atoms with Crippen LogP contribution >= 0.6 is 24.0 Å². The summed E-state index contributed by atoms with van der Waals surface area (Å²) in [5, 5.41) is 10.8. The fraction of sp³-hybridized carbons (Fsp3) is 0.286. The highest BCUT2D eigenvalue weighted by Crippen LogP contribution is 2.19. The topological polar surface area (TPSA) is 56.0 Å². The summed E-state index contributed by atoms with van der Waals surface area (Å²) < 4.78 is 0. The van der Waals surface area contributed by atoms with E-state index in [0.717, 1.165) is 11.3 Å². The molecular formula is C7H6N2O2S2. The third-order valence-electron chi connectivity index (χ3n) is 1.11. The number of aromatic nitrogens is 1. The second-order valence-corrected chi connectivity index (χ2v) is 3.49. The van der Waals surface area contributed by atoms with E-state index in [-0.39, 0.29) is 5.00 Å². The van der Waals surface area contributed by atoms with Gasteiger partial charge in [-0.1, -0.05) is 5.92 Å².